The molecule has 0 amide bonds. The third-order valence-electron chi connectivity index (χ3n) is 5.03. The number of hydrogen-bond acceptors (Lipinski definition) is 5. The van der Waals surface area contributed by atoms with E-state index >= 15 is 0 Å². The monoisotopic (exact) mass is 329 g/mol. The number of nitrogens with one attached hydrogen (secondary N) is 1. The van der Waals surface area contributed by atoms with E-state index in [0.717, 1.165) is 28.1 Å². The van der Waals surface area contributed by atoms with Crippen molar-refractivity contribution in [1.29, 1.82) is 0 Å². The summed E-state index contributed by atoms with van der Waals surface area (Å²) in [5.74, 6) is 1.51. The number of aliphatic hydroxyl groups is 1. The first-order valence-electron chi connectivity index (χ1n) is 8.70. The summed E-state index contributed by atoms with van der Waals surface area (Å²) >= 11 is 0. The van der Waals surface area contributed by atoms with E-state index in [0.29, 0.717) is 24.2 Å². The average molecular weight is 329 g/mol. The van der Waals surface area contributed by atoms with Crippen LogP contribution in [0.25, 0.3) is 11.0 Å². The van der Waals surface area contributed by atoms with Gasteiger partial charge in [-0.15, -0.1) is 0 Å². The number of aromatic amines is 1. The standard InChI is InChI=1S/C18H27N5O/c1-11(24)9-10-14-12(2)20-16-15(14)17(22-18(19)21-16)23(3)13-7-5-4-6-8-13/h9,13,24H,4-8,10H2,1-3H3,(H3,19,20,21,22)/b11-9+. The minimum atomic E-state index is 0.293. The fourth-order valence-corrected chi connectivity index (χ4v) is 3.68. The Balaban J connectivity index is 2.09. The van der Waals surface area contributed by atoms with Crippen LogP contribution in [0, 0.1) is 6.92 Å². The number of hydrogen-bond donors (Lipinski definition) is 3. The SMILES string of the molecule is C/C(O)=C\Cc1c(C)[nH]c2nc(N)nc(N(C)C3CCCCC3)c12. The van der Waals surface area contributed by atoms with Gasteiger partial charge in [0, 0.05) is 18.8 Å². The van der Waals surface area contributed by atoms with Crippen molar-refractivity contribution >= 4 is 22.8 Å². The van der Waals surface area contributed by atoms with Gasteiger partial charge in [0.2, 0.25) is 5.95 Å². The number of rotatable bonds is 4. The maximum absolute atomic E-state index is 9.53. The fraction of sp³-hybridized carbons (Fsp3) is 0.556. The Morgan fingerprint density at radius 3 is 2.71 bits per heavy atom. The lowest BCUT2D eigenvalue weighted by Crippen LogP contribution is -2.34. The number of H-pyrrole nitrogens is 1. The van der Waals surface area contributed by atoms with Crippen molar-refractivity contribution in [1.82, 2.24) is 15.0 Å². The summed E-state index contributed by atoms with van der Waals surface area (Å²) in [6.45, 7) is 3.71. The Morgan fingerprint density at radius 1 is 1.33 bits per heavy atom. The van der Waals surface area contributed by atoms with Crippen LogP contribution >= 0.6 is 0 Å². The fourth-order valence-electron chi connectivity index (χ4n) is 3.68. The number of aromatic nitrogens is 3. The van der Waals surface area contributed by atoms with Gasteiger partial charge in [-0.3, -0.25) is 0 Å². The Kier molecular flexibility index (Phi) is 4.64. The summed E-state index contributed by atoms with van der Waals surface area (Å²) in [7, 11) is 2.11. The molecule has 0 atom stereocenters. The number of aliphatic hydroxyl groups excluding tert-OH is 1. The van der Waals surface area contributed by atoms with E-state index in [1.54, 1.807) is 6.92 Å². The molecule has 0 radical (unpaired) electrons. The van der Waals surface area contributed by atoms with Crippen molar-refractivity contribution in [3.05, 3.63) is 23.1 Å². The molecule has 0 unspecified atom stereocenters. The summed E-state index contributed by atoms with van der Waals surface area (Å²) in [6, 6.07) is 0.495. The van der Waals surface area contributed by atoms with E-state index in [2.05, 4.69) is 26.9 Å². The van der Waals surface area contributed by atoms with E-state index < -0.39 is 0 Å². The van der Waals surface area contributed by atoms with E-state index in [9.17, 15) is 5.11 Å². The summed E-state index contributed by atoms with van der Waals surface area (Å²) in [5, 5.41) is 10.6. The first kappa shape index (κ1) is 16.6. The van der Waals surface area contributed by atoms with Crippen LogP contribution < -0.4 is 10.6 Å². The van der Waals surface area contributed by atoms with Crippen LogP contribution in [0.4, 0.5) is 11.8 Å². The third-order valence-corrected chi connectivity index (χ3v) is 5.03. The second-order valence-electron chi connectivity index (χ2n) is 6.81. The molecule has 1 aliphatic rings. The van der Waals surface area contributed by atoms with E-state index in [1.165, 1.54) is 32.1 Å². The zero-order valence-corrected chi connectivity index (χ0v) is 14.8. The smallest absolute Gasteiger partial charge is 0.223 e. The molecule has 0 saturated heterocycles. The molecule has 2 heterocycles. The van der Waals surface area contributed by atoms with Gasteiger partial charge in [0.1, 0.15) is 11.5 Å². The Morgan fingerprint density at radius 2 is 2.04 bits per heavy atom. The molecule has 130 valence electrons. The van der Waals surface area contributed by atoms with Crippen molar-refractivity contribution in [3.63, 3.8) is 0 Å². The van der Waals surface area contributed by atoms with Crippen molar-refractivity contribution < 1.29 is 5.11 Å². The highest BCUT2D eigenvalue weighted by molar-refractivity contribution is 5.93. The number of nitrogens with two attached hydrogens (primary N) is 1. The first-order valence-corrected chi connectivity index (χ1v) is 8.70. The van der Waals surface area contributed by atoms with Gasteiger partial charge in [0.05, 0.1) is 11.1 Å². The van der Waals surface area contributed by atoms with Crippen LogP contribution in [0.3, 0.4) is 0 Å². The lowest BCUT2D eigenvalue weighted by Gasteiger charge is -2.32. The predicted octanol–water partition coefficient (Wildman–Crippen LogP) is 3.62. The van der Waals surface area contributed by atoms with Crippen molar-refractivity contribution in [3.8, 4) is 0 Å². The van der Waals surface area contributed by atoms with Crippen molar-refractivity contribution in [2.75, 3.05) is 17.7 Å². The molecule has 3 rings (SSSR count). The molecule has 6 nitrogen and oxygen atoms in total. The molecule has 4 N–H and O–H groups in total. The molecule has 1 aliphatic carbocycles. The minimum Gasteiger partial charge on any atom is -0.513 e. The molecule has 1 fully saturated rings. The Bertz CT molecular complexity index is 754. The second-order valence-corrected chi connectivity index (χ2v) is 6.81. The molecule has 2 aromatic heterocycles. The molecule has 24 heavy (non-hydrogen) atoms. The van der Waals surface area contributed by atoms with Crippen LogP contribution in [0.5, 0.6) is 0 Å². The van der Waals surface area contributed by atoms with Crippen molar-refractivity contribution in [2.45, 2.75) is 58.4 Å². The van der Waals surface area contributed by atoms with Crippen LogP contribution in [-0.4, -0.2) is 33.1 Å². The van der Waals surface area contributed by atoms with Crippen LogP contribution in [0.2, 0.25) is 0 Å². The van der Waals surface area contributed by atoms with Gasteiger partial charge >= 0.3 is 0 Å². The third kappa shape index (κ3) is 3.18. The summed E-state index contributed by atoms with van der Waals surface area (Å²) < 4.78 is 0. The molecule has 0 aliphatic heterocycles. The number of aryl methyl sites for hydroxylation is 1. The molecular formula is C18H27N5O. The zero-order valence-electron chi connectivity index (χ0n) is 14.8. The van der Waals surface area contributed by atoms with Gasteiger partial charge in [-0.1, -0.05) is 19.3 Å². The lowest BCUT2D eigenvalue weighted by molar-refractivity contribution is 0.412. The molecular weight excluding hydrogens is 302 g/mol. The van der Waals surface area contributed by atoms with Gasteiger partial charge in [-0.05, 0) is 44.7 Å². The second kappa shape index (κ2) is 6.71. The van der Waals surface area contributed by atoms with Crippen LogP contribution in [-0.2, 0) is 6.42 Å². The van der Waals surface area contributed by atoms with E-state index in [4.69, 9.17) is 5.73 Å². The zero-order chi connectivity index (χ0) is 17.3. The average Bonchev–Trinajstić information content (AvgIpc) is 2.87. The maximum Gasteiger partial charge on any atom is 0.223 e. The Labute approximate surface area is 142 Å². The van der Waals surface area contributed by atoms with Crippen LogP contribution in [0.15, 0.2) is 11.8 Å². The highest BCUT2D eigenvalue weighted by Crippen LogP contribution is 2.33. The number of nitrogens with zero attached hydrogens (tertiary/aromatic N) is 3. The quantitative estimate of drug-likeness (QED) is 0.745. The summed E-state index contributed by atoms with van der Waals surface area (Å²) in [5.41, 5.74) is 8.89. The molecule has 1 saturated carbocycles. The summed E-state index contributed by atoms with van der Waals surface area (Å²) in [6.07, 6.45) is 8.70. The highest BCUT2D eigenvalue weighted by atomic mass is 16.3. The number of anilines is 2. The summed E-state index contributed by atoms with van der Waals surface area (Å²) in [4.78, 5) is 14.5. The molecule has 0 bridgehead atoms. The van der Waals surface area contributed by atoms with E-state index in [-0.39, 0.29) is 0 Å². The van der Waals surface area contributed by atoms with Gasteiger partial charge in [0.15, 0.2) is 0 Å². The topological polar surface area (TPSA) is 91.1 Å². The number of fused-ring (bicyclic) bond motifs is 1. The Hall–Kier alpha value is -2.24. The minimum absolute atomic E-state index is 0.293. The molecule has 6 heteroatoms. The van der Waals surface area contributed by atoms with Gasteiger partial charge < -0.3 is 20.7 Å². The predicted molar refractivity (Wildman–Crippen MR) is 98.4 cm³/mol. The van der Waals surface area contributed by atoms with E-state index in [1.807, 2.05) is 13.0 Å². The highest BCUT2D eigenvalue weighted by Gasteiger charge is 2.24. The number of allylic oxidation sites excluding steroid dienone is 2. The maximum atomic E-state index is 9.53. The number of nitrogen functional groups attached to an aromatic ring is 1. The molecule has 0 aromatic carbocycles. The largest absolute Gasteiger partial charge is 0.513 e. The molecule has 0 spiro atoms. The first-order chi connectivity index (χ1) is 11.5. The molecule has 2 aromatic rings. The van der Waals surface area contributed by atoms with Crippen LogP contribution in [0.1, 0.15) is 50.3 Å². The van der Waals surface area contributed by atoms with Gasteiger partial charge in [-0.25, -0.2) is 0 Å². The lowest BCUT2D eigenvalue weighted by atomic mass is 9.94. The normalized spacial score (nSPS) is 16.7. The van der Waals surface area contributed by atoms with Gasteiger partial charge in [-0.2, -0.15) is 9.97 Å². The van der Waals surface area contributed by atoms with Gasteiger partial charge in [0.25, 0.3) is 0 Å². The van der Waals surface area contributed by atoms with Crippen molar-refractivity contribution in [2.24, 2.45) is 0 Å².